The minimum absolute atomic E-state index is 0.0718. The van der Waals surface area contributed by atoms with Crippen molar-refractivity contribution in [3.05, 3.63) is 47.2 Å². The molecule has 2 N–H and O–H groups in total. The van der Waals surface area contributed by atoms with Crippen LogP contribution in [0.3, 0.4) is 0 Å². The molecule has 3 heterocycles. The van der Waals surface area contributed by atoms with Crippen LogP contribution in [0.5, 0.6) is 0 Å². The number of halogens is 1. The van der Waals surface area contributed by atoms with E-state index < -0.39 is 6.04 Å². The Hall–Kier alpha value is -2.38. The van der Waals surface area contributed by atoms with Crippen LogP contribution in [0.4, 0.5) is 5.69 Å². The zero-order chi connectivity index (χ0) is 19.0. The van der Waals surface area contributed by atoms with Gasteiger partial charge in [0.05, 0.1) is 12.1 Å². The third-order valence-electron chi connectivity index (χ3n) is 5.36. The Labute approximate surface area is 162 Å². The molecule has 142 valence electrons. The lowest BCUT2D eigenvalue weighted by molar-refractivity contribution is -0.129. The Balaban J connectivity index is 1.42. The number of nitrogens with zero attached hydrogens (tertiary/aromatic N) is 3. The predicted molar refractivity (Wildman–Crippen MR) is 103 cm³/mol. The fraction of sp³-hybridized carbons (Fsp3) is 0.421. The fourth-order valence-corrected chi connectivity index (χ4v) is 4.03. The molecule has 2 aliphatic rings. The monoisotopic (exact) mass is 387 g/mol. The van der Waals surface area contributed by atoms with Crippen molar-refractivity contribution in [2.75, 3.05) is 24.5 Å². The molecule has 2 amide bonds. The molecule has 0 saturated carbocycles. The van der Waals surface area contributed by atoms with Crippen molar-refractivity contribution < 1.29 is 9.59 Å². The van der Waals surface area contributed by atoms with Crippen LogP contribution in [0.15, 0.2) is 36.7 Å². The Morgan fingerprint density at radius 3 is 2.78 bits per heavy atom. The van der Waals surface area contributed by atoms with Gasteiger partial charge >= 0.3 is 0 Å². The number of carbonyl (C=O) groups is 2. The molecule has 0 spiro atoms. The summed E-state index contributed by atoms with van der Waals surface area (Å²) in [4.78, 5) is 27.3. The summed E-state index contributed by atoms with van der Waals surface area (Å²) in [5.41, 5.74) is 1.85. The third-order valence-corrected chi connectivity index (χ3v) is 5.62. The Morgan fingerprint density at radius 1 is 1.30 bits per heavy atom. The van der Waals surface area contributed by atoms with Crippen LogP contribution in [0.1, 0.15) is 17.9 Å². The molecular weight excluding hydrogens is 366 g/mol. The molecule has 0 bridgehead atoms. The second-order valence-electron chi connectivity index (χ2n) is 7.13. The molecule has 0 aliphatic carbocycles. The average molecular weight is 388 g/mol. The van der Waals surface area contributed by atoms with Crippen LogP contribution >= 0.6 is 11.6 Å². The predicted octanol–water partition coefficient (Wildman–Crippen LogP) is 1.30. The largest absolute Gasteiger partial charge is 0.344 e. The molecule has 1 aromatic carbocycles. The highest BCUT2D eigenvalue weighted by atomic mass is 35.5. The molecule has 4 rings (SSSR count). The fourth-order valence-electron chi connectivity index (χ4n) is 3.91. The lowest BCUT2D eigenvalue weighted by Crippen LogP contribution is -2.45. The average Bonchev–Trinajstić information content (AvgIpc) is 3.37. The Kier molecular flexibility index (Phi) is 4.88. The zero-order valence-electron chi connectivity index (χ0n) is 15.1. The first kappa shape index (κ1) is 18.0. The molecule has 7 nitrogen and oxygen atoms in total. The van der Waals surface area contributed by atoms with E-state index in [1.807, 2.05) is 25.4 Å². The van der Waals surface area contributed by atoms with E-state index in [0.29, 0.717) is 24.5 Å². The van der Waals surface area contributed by atoms with Crippen molar-refractivity contribution in [2.45, 2.75) is 18.4 Å². The lowest BCUT2D eigenvalue weighted by Gasteiger charge is -2.20. The minimum atomic E-state index is -0.483. The van der Waals surface area contributed by atoms with Gasteiger partial charge in [0.25, 0.3) is 0 Å². The lowest BCUT2D eigenvalue weighted by atomic mass is 9.90. The maximum absolute atomic E-state index is 12.9. The van der Waals surface area contributed by atoms with Gasteiger partial charge in [-0.3, -0.25) is 14.3 Å². The highest BCUT2D eigenvalue weighted by Crippen LogP contribution is 2.29. The summed E-state index contributed by atoms with van der Waals surface area (Å²) in [5, 5.41) is 11.1. The van der Waals surface area contributed by atoms with E-state index in [1.165, 1.54) is 0 Å². The van der Waals surface area contributed by atoms with Crippen LogP contribution in [-0.2, 0) is 16.6 Å². The van der Waals surface area contributed by atoms with Crippen molar-refractivity contribution >= 4 is 29.1 Å². The summed E-state index contributed by atoms with van der Waals surface area (Å²) in [6, 6.07) is 6.69. The van der Waals surface area contributed by atoms with Gasteiger partial charge in [-0.15, -0.1) is 0 Å². The molecule has 27 heavy (non-hydrogen) atoms. The first-order valence-corrected chi connectivity index (χ1v) is 9.47. The molecule has 2 aliphatic heterocycles. The van der Waals surface area contributed by atoms with E-state index >= 15 is 0 Å². The number of rotatable bonds is 4. The van der Waals surface area contributed by atoms with Gasteiger partial charge in [0.2, 0.25) is 11.8 Å². The van der Waals surface area contributed by atoms with Crippen LogP contribution in [0.2, 0.25) is 5.02 Å². The number of nitrogens with one attached hydrogen (secondary N) is 2. The van der Waals surface area contributed by atoms with E-state index in [4.69, 9.17) is 11.6 Å². The SMILES string of the molecule is Cn1cc([C@H]2CNC[C@@H]2C(=O)NC2CCN(c3ccc(Cl)cc3)C2=O)cn1. The summed E-state index contributed by atoms with van der Waals surface area (Å²) in [6.45, 7) is 1.92. The molecule has 2 fully saturated rings. The minimum Gasteiger partial charge on any atom is -0.344 e. The van der Waals surface area contributed by atoms with Crippen LogP contribution in [0.25, 0.3) is 0 Å². The number of carbonyl (C=O) groups excluding carboxylic acids is 2. The van der Waals surface area contributed by atoms with Gasteiger partial charge in [-0.2, -0.15) is 5.10 Å². The molecule has 0 radical (unpaired) electrons. The first-order valence-electron chi connectivity index (χ1n) is 9.09. The van der Waals surface area contributed by atoms with Crippen LogP contribution < -0.4 is 15.5 Å². The van der Waals surface area contributed by atoms with Crippen LogP contribution in [-0.4, -0.2) is 47.3 Å². The highest BCUT2D eigenvalue weighted by molar-refractivity contribution is 6.30. The zero-order valence-corrected chi connectivity index (χ0v) is 15.8. The topological polar surface area (TPSA) is 79.3 Å². The maximum atomic E-state index is 12.9. The second-order valence-corrected chi connectivity index (χ2v) is 7.57. The van der Waals surface area contributed by atoms with Gasteiger partial charge in [0.15, 0.2) is 0 Å². The molecular formula is C19H22ClN5O2. The standard InChI is InChI=1S/C19H22ClN5O2/c1-24-11-12(8-22-24)15-9-21-10-16(15)18(26)23-17-6-7-25(19(17)27)14-4-2-13(20)3-5-14/h2-5,8,11,15-17,21H,6-7,9-10H2,1H3,(H,23,26)/t15-,16+,17?/m1/s1. The number of anilines is 1. The second kappa shape index (κ2) is 7.32. The molecule has 2 saturated heterocycles. The molecule has 3 atom stereocenters. The van der Waals surface area contributed by atoms with Gasteiger partial charge in [0.1, 0.15) is 6.04 Å². The van der Waals surface area contributed by atoms with Gasteiger partial charge in [-0.25, -0.2) is 0 Å². The molecule has 8 heteroatoms. The van der Waals surface area contributed by atoms with Crippen molar-refractivity contribution in [3.63, 3.8) is 0 Å². The van der Waals surface area contributed by atoms with Gasteiger partial charge < -0.3 is 15.5 Å². The first-order chi connectivity index (χ1) is 13.0. The number of aromatic nitrogens is 2. The molecule has 2 aromatic rings. The summed E-state index contributed by atoms with van der Waals surface area (Å²) in [7, 11) is 1.86. The number of hydrogen-bond donors (Lipinski definition) is 2. The van der Waals surface area contributed by atoms with E-state index in [2.05, 4.69) is 15.7 Å². The summed E-state index contributed by atoms with van der Waals surface area (Å²) in [6.07, 6.45) is 4.35. The van der Waals surface area contributed by atoms with Crippen molar-refractivity contribution in [1.29, 1.82) is 0 Å². The summed E-state index contributed by atoms with van der Waals surface area (Å²) < 4.78 is 1.74. The maximum Gasteiger partial charge on any atom is 0.249 e. The van der Waals surface area contributed by atoms with Crippen molar-refractivity contribution in [2.24, 2.45) is 13.0 Å². The summed E-state index contributed by atoms with van der Waals surface area (Å²) >= 11 is 5.92. The van der Waals surface area contributed by atoms with Crippen molar-refractivity contribution in [3.8, 4) is 0 Å². The van der Waals surface area contributed by atoms with E-state index in [1.54, 1.807) is 27.9 Å². The Morgan fingerprint density at radius 2 is 2.07 bits per heavy atom. The quantitative estimate of drug-likeness (QED) is 0.828. The summed E-state index contributed by atoms with van der Waals surface area (Å²) in [5.74, 6) is -0.283. The number of amides is 2. The van der Waals surface area contributed by atoms with Gasteiger partial charge in [0, 0.05) is 49.5 Å². The normalized spacial score (nSPS) is 25.2. The van der Waals surface area contributed by atoms with E-state index in [9.17, 15) is 9.59 Å². The molecule has 1 aromatic heterocycles. The molecule has 1 unspecified atom stereocenters. The third kappa shape index (κ3) is 3.57. The smallest absolute Gasteiger partial charge is 0.249 e. The van der Waals surface area contributed by atoms with Crippen molar-refractivity contribution in [1.82, 2.24) is 20.4 Å². The number of hydrogen-bond acceptors (Lipinski definition) is 4. The van der Waals surface area contributed by atoms with Gasteiger partial charge in [-0.1, -0.05) is 11.6 Å². The van der Waals surface area contributed by atoms with Gasteiger partial charge in [-0.05, 0) is 36.2 Å². The Bertz CT molecular complexity index is 850. The van der Waals surface area contributed by atoms with Crippen LogP contribution in [0, 0.1) is 5.92 Å². The van der Waals surface area contributed by atoms with E-state index in [0.717, 1.165) is 17.8 Å². The van der Waals surface area contributed by atoms with E-state index in [-0.39, 0.29) is 23.7 Å². The number of benzene rings is 1. The number of aryl methyl sites for hydroxylation is 1. The highest BCUT2D eigenvalue weighted by Gasteiger charge is 2.39.